The van der Waals surface area contributed by atoms with Crippen molar-refractivity contribution in [1.82, 2.24) is 10.6 Å². The Morgan fingerprint density at radius 1 is 0.438 bits per heavy atom. The minimum absolute atomic E-state index is 0.0632. The zero-order chi connectivity index (χ0) is 35.7. The van der Waals surface area contributed by atoms with Crippen LogP contribution in [0.4, 0.5) is 0 Å². The third-order valence-corrected chi connectivity index (χ3v) is 9.83. The van der Waals surface area contributed by atoms with Crippen LogP contribution in [0.15, 0.2) is 0 Å². The fourth-order valence-corrected chi connectivity index (χ4v) is 6.80. The Morgan fingerprint density at radius 3 is 0.938 bits per heavy atom. The third kappa shape index (κ3) is 30.8. The van der Waals surface area contributed by atoms with Crippen LogP contribution < -0.4 is 10.6 Å². The van der Waals surface area contributed by atoms with Gasteiger partial charge in [0.1, 0.15) is 0 Å². The van der Waals surface area contributed by atoms with E-state index in [0.717, 1.165) is 38.5 Å². The Hall–Kier alpha value is -1.18. The van der Waals surface area contributed by atoms with Gasteiger partial charge >= 0.3 is 0 Å². The molecule has 0 saturated heterocycles. The summed E-state index contributed by atoms with van der Waals surface area (Å²) in [6, 6.07) is 0. The van der Waals surface area contributed by atoms with Gasteiger partial charge in [0.25, 0.3) is 0 Å². The predicted molar refractivity (Wildman–Crippen MR) is 203 cm³/mol. The van der Waals surface area contributed by atoms with Gasteiger partial charge in [-0.05, 0) is 39.5 Å². The largest absolute Gasteiger partial charge is 0.393 e. The molecule has 0 radical (unpaired) electrons. The van der Waals surface area contributed by atoms with Gasteiger partial charge in [0.15, 0.2) is 0 Å². The topological polar surface area (TPSA) is 119 Å². The van der Waals surface area contributed by atoms with Gasteiger partial charge in [-0.2, -0.15) is 0 Å². The molecule has 0 aromatic carbocycles. The Balaban J connectivity index is 4.24. The van der Waals surface area contributed by atoms with Crippen LogP contribution in [-0.2, 0) is 9.59 Å². The van der Waals surface area contributed by atoms with E-state index in [1.54, 1.807) is 13.8 Å². The summed E-state index contributed by atoms with van der Waals surface area (Å²) in [6.07, 6.45) is 30.7. The first-order chi connectivity index (χ1) is 23.2. The maximum Gasteiger partial charge on any atom is 0.223 e. The highest BCUT2D eigenvalue weighted by molar-refractivity contribution is 5.79. The van der Waals surface area contributed by atoms with E-state index < -0.39 is 18.3 Å². The normalized spacial score (nSPS) is 14.7. The van der Waals surface area contributed by atoms with Crippen LogP contribution in [-0.4, -0.2) is 58.5 Å². The average molecular weight is 683 g/mol. The van der Waals surface area contributed by atoms with Gasteiger partial charge in [0.2, 0.25) is 11.8 Å². The second kappa shape index (κ2) is 34.3. The van der Waals surface area contributed by atoms with E-state index in [9.17, 15) is 24.9 Å². The molecule has 0 aromatic heterocycles. The second-order valence-corrected chi connectivity index (χ2v) is 15.1. The van der Waals surface area contributed by atoms with E-state index in [-0.39, 0.29) is 36.7 Å². The summed E-state index contributed by atoms with van der Waals surface area (Å²) in [5.41, 5.74) is 0. The lowest BCUT2D eigenvalue weighted by molar-refractivity contribution is -0.127. The fourth-order valence-electron chi connectivity index (χ4n) is 6.80. The molecule has 4 unspecified atom stereocenters. The molecule has 0 heterocycles. The summed E-state index contributed by atoms with van der Waals surface area (Å²) in [5, 5.41) is 36.2. The van der Waals surface area contributed by atoms with Crippen molar-refractivity contribution in [1.29, 1.82) is 0 Å². The number of hydrogen-bond donors (Lipinski definition) is 5. The first kappa shape index (κ1) is 46.8. The van der Waals surface area contributed by atoms with E-state index in [2.05, 4.69) is 24.5 Å². The minimum Gasteiger partial charge on any atom is -0.393 e. The number of unbranched alkanes of at least 4 members (excludes halogenated alkanes) is 22. The minimum atomic E-state index is -0.893. The number of rotatable bonds is 36. The van der Waals surface area contributed by atoms with E-state index in [1.807, 2.05) is 0 Å². The van der Waals surface area contributed by atoms with E-state index in [4.69, 9.17) is 0 Å². The Labute approximate surface area is 297 Å². The van der Waals surface area contributed by atoms with Crippen LogP contribution >= 0.6 is 0 Å². The fraction of sp³-hybridized carbons (Fsp3) is 0.951. The zero-order valence-corrected chi connectivity index (χ0v) is 32.3. The summed E-state index contributed by atoms with van der Waals surface area (Å²) in [4.78, 5) is 25.9. The third-order valence-electron chi connectivity index (χ3n) is 9.83. The molecular formula is C41H82N2O5. The van der Waals surface area contributed by atoms with Crippen molar-refractivity contribution >= 4 is 11.8 Å². The smallest absolute Gasteiger partial charge is 0.223 e. The van der Waals surface area contributed by atoms with Gasteiger partial charge in [-0.3, -0.25) is 9.59 Å². The van der Waals surface area contributed by atoms with Crippen LogP contribution in [0.25, 0.3) is 0 Å². The zero-order valence-electron chi connectivity index (χ0n) is 32.3. The molecule has 0 bridgehead atoms. The molecule has 0 fully saturated rings. The van der Waals surface area contributed by atoms with Crippen molar-refractivity contribution in [2.24, 2.45) is 11.8 Å². The van der Waals surface area contributed by atoms with Crippen molar-refractivity contribution in [3.63, 3.8) is 0 Å². The molecule has 2 amide bonds. The summed E-state index contributed by atoms with van der Waals surface area (Å²) < 4.78 is 0. The first-order valence-electron chi connectivity index (χ1n) is 20.8. The van der Waals surface area contributed by atoms with Crippen LogP contribution in [0.3, 0.4) is 0 Å². The molecule has 0 spiro atoms. The van der Waals surface area contributed by atoms with Gasteiger partial charge in [0, 0.05) is 24.9 Å². The summed E-state index contributed by atoms with van der Waals surface area (Å²) in [7, 11) is 0. The van der Waals surface area contributed by atoms with Crippen molar-refractivity contribution in [3.05, 3.63) is 0 Å². The molecule has 7 heteroatoms. The summed E-state index contributed by atoms with van der Waals surface area (Å²) >= 11 is 0. The highest BCUT2D eigenvalue weighted by Crippen LogP contribution is 2.20. The molecule has 0 aliphatic carbocycles. The van der Waals surface area contributed by atoms with Gasteiger partial charge in [-0.1, -0.05) is 168 Å². The molecule has 4 atom stereocenters. The van der Waals surface area contributed by atoms with Crippen LogP contribution in [0.1, 0.15) is 207 Å². The Bertz CT molecular complexity index is 659. The number of carbonyl (C=O) groups is 2. The van der Waals surface area contributed by atoms with Crippen molar-refractivity contribution in [3.8, 4) is 0 Å². The highest BCUT2D eigenvalue weighted by Gasteiger charge is 2.23. The predicted octanol–water partition coefficient (Wildman–Crippen LogP) is 9.54. The maximum absolute atomic E-state index is 12.9. The van der Waals surface area contributed by atoms with Crippen molar-refractivity contribution in [2.75, 3.05) is 13.1 Å². The molecule has 0 aromatic rings. The summed E-state index contributed by atoms with van der Waals surface area (Å²) in [6.45, 7) is 8.07. The van der Waals surface area contributed by atoms with Crippen LogP contribution in [0.5, 0.6) is 0 Å². The molecule has 0 rings (SSSR count). The lowest BCUT2D eigenvalue weighted by Gasteiger charge is -2.21. The second-order valence-electron chi connectivity index (χ2n) is 15.1. The number of amides is 2. The number of carbonyl (C=O) groups excluding carboxylic acids is 2. The van der Waals surface area contributed by atoms with Gasteiger partial charge in [-0.15, -0.1) is 0 Å². The molecule has 5 N–H and O–H groups in total. The highest BCUT2D eigenvalue weighted by atomic mass is 16.3. The first-order valence-corrected chi connectivity index (χ1v) is 20.8. The van der Waals surface area contributed by atoms with E-state index in [1.165, 1.54) is 128 Å². The number of hydrogen-bond acceptors (Lipinski definition) is 5. The standard InChI is InChI=1S/C41H82N2O5/c1-5-7-9-11-13-15-17-19-21-23-25-27-29-37(31-35(3)44)40(47)42-33-39(46)34-43-41(48)38(32-36(4)45)30-28-26-24-22-20-18-16-14-12-10-8-6-2/h35-39,44-46H,5-34H2,1-4H3,(H,42,47)(H,43,48). The van der Waals surface area contributed by atoms with E-state index >= 15 is 0 Å². The lowest BCUT2D eigenvalue weighted by atomic mass is 9.93. The Morgan fingerprint density at radius 2 is 0.688 bits per heavy atom. The number of aliphatic hydroxyl groups is 3. The molecule has 0 aliphatic rings. The lowest BCUT2D eigenvalue weighted by Crippen LogP contribution is -2.43. The summed E-state index contributed by atoms with van der Waals surface area (Å²) in [5.74, 6) is -0.826. The quantitative estimate of drug-likeness (QED) is 0.0422. The molecule has 48 heavy (non-hydrogen) atoms. The Kier molecular flexibility index (Phi) is 33.4. The molecular weight excluding hydrogens is 600 g/mol. The number of nitrogens with one attached hydrogen (secondary N) is 2. The maximum atomic E-state index is 12.9. The van der Waals surface area contributed by atoms with Gasteiger partial charge in [-0.25, -0.2) is 0 Å². The molecule has 286 valence electrons. The van der Waals surface area contributed by atoms with Crippen molar-refractivity contribution in [2.45, 2.75) is 226 Å². The van der Waals surface area contributed by atoms with Crippen LogP contribution in [0.2, 0.25) is 0 Å². The molecule has 0 saturated carbocycles. The van der Waals surface area contributed by atoms with Gasteiger partial charge in [0.05, 0.1) is 18.3 Å². The van der Waals surface area contributed by atoms with E-state index in [0.29, 0.717) is 12.8 Å². The molecule has 0 aliphatic heterocycles. The van der Waals surface area contributed by atoms with Gasteiger partial charge < -0.3 is 26.0 Å². The van der Waals surface area contributed by atoms with Crippen LogP contribution in [0, 0.1) is 11.8 Å². The monoisotopic (exact) mass is 683 g/mol. The molecule has 7 nitrogen and oxygen atoms in total. The number of aliphatic hydroxyl groups excluding tert-OH is 3. The average Bonchev–Trinajstić information content (AvgIpc) is 3.05. The SMILES string of the molecule is CCCCCCCCCCCCCCC(CC(C)O)C(=O)NCC(O)CNC(=O)C(CCCCCCCCCCCCCC)CC(C)O. The van der Waals surface area contributed by atoms with Crippen molar-refractivity contribution < 1.29 is 24.9 Å².